The van der Waals surface area contributed by atoms with Gasteiger partial charge in [-0.15, -0.1) is 0 Å². The molecule has 0 bridgehead atoms. The average Bonchev–Trinajstić information content (AvgIpc) is 2.18. The predicted molar refractivity (Wildman–Crippen MR) is 67.7 cm³/mol. The average molecular weight is 230 g/mol. The quantitative estimate of drug-likeness (QED) is 0.680. The van der Waals surface area contributed by atoms with Crippen molar-refractivity contribution in [2.24, 2.45) is 11.7 Å². The van der Waals surface area contributed by atoms with E-state index in [1.165, 1.54) is 0 Å². The molecule has 0 aromatic heterocycles. The van der Waals surface area contributed by atoms with Gasteiger partial charge in [0.2, 0.25) is 5.91 Å². The maximum Gasteiger partial charge on any atom is 0.226 e. The van der Waals surface area contributed by atoms with E-state index in [0.29, 0.717) is 11.5 Å². The Kier molecular flexibility index (Phi) is 7.30. The highest BCUT2D eigenvalue weighted by atomic mass is 32.1. The summed E-state index contributed by atoms with van der Waals surface area (Å²) >= 11 is 4.85. The van der Waals surface area contributed by atoms with Gasteiger partial charge in [-0.05, 0) is 19.3 Å². The van der Waals surface area contributed by atoms with Crippen molar-refractivity contribution in [1.82, 2.24) is 4.90 Å². The Morgan fingerprint density at radius 3 is 2.20 bits per heavy atom. The molecule has 0 aliphatic carbocycles. The van der Waals surface area contributed by atoms with Crippen molar-refractivity contribution in [1.29, 1.82) is 0 Å². The van der Waals surface area contributed by atoms with Crippen molar-refractivity contribution in [3.05, 3.63) is 0 Å². The summed E-state index contributed by atoms with van der Waals surface area (Å²) in [6.45, 7) is 7.28. The van der Waals surface area contributed by atoms with Crippen molar-refractivity contribution in [3.8, 4) is 0 Å². The topological polar surface area (TPSA) is 46.3 Å². The third-order valence-electron chi connectivity index (χ3n) is 2.49. The highest BCUT2D eigenvalue weighted by Gasteiger charge is 2.20. The zero-order valence-corrected chi connectivity index (χ0v) is 10.8. The van der Waals surface area contributed by atoms with E-state index < -0.39 is 0 Å². The molecule has 88 valence electrons. The highest BCUT2D eigenvalue weighted by molar-refractivity contribution is 7.80. The van der Waals surface area contributed by atoms with Crippen LogP contribution in [0.3, 0.4) is 0 Å². The molecule has 0 unspecified atom stereocenters. The Labute approximate surface area is 98.0 Å². The molecule has 0 saturated carbocycles. The van der Waals surface area contributed by atoms with Gasteiger partial charge in [-0.2, -0.15) is 0 Å². The van der Waals surface area contributed by atoms with E-state index >= 15 is 0 Å². The summed E-state index contributed by atoms with van der Waals surface area (Å²) in [5.74, 6) is 0.306. The van der Waals surface area contributed by atoms with Gasteiger partial charge >= 0.3 is 0 Å². The molecule has 3 nitrogen and oxygen atoms in total. The molecule has 0 heterocycles. The van der Waals surface area contributed by atoms with Gasteiger partial charge in [-0.1, -0.05) is 33.0 Å². The number of amides is 1. The third-order valence-corrected chi connectivity index (χ3v) is 2.62. The number of nitrogens with two attached hydrogens (primary N) is 1. The molecule has 0 aliphatic rings. The molecule has 0 fully saturated rings. The normalized spacial score (nSPS) is 10.4. The van der Waals surface area contributed by atoms with Crippen LogP contribution in [0.2, 0.25) is 0 Å². The van der Waals surface area contributed by atoms with E-state index in [9.17, 15) is 4.79 Å². The molecule has 4 heteroatoms. The first kappa shape index (κ1) is 14.4. The Morgan fingerprint density at radius 1 is 1.33 bits per heavy atom. The fourth-order valence-electron chi connectivity index (χ4n) is 1.62. The van der Waals surface area contributed by atoms with Gasteiger partial charge in [-0.3, -0.25) is 4.79 Å². The lowest BCUT2D eigenvalue weighted by Crippen LogP contribution is -2.41. The van der Waals surface area contributed by atoms with Gasteiger partial charge in [0.1, 0.15) is 0 Å². The van der Waals surface area contributed by atoms with Crippen molar-refractivity contribution in [3.63, 3.8) is 0 Å². The number of carbonyl (C=O) groups excluding carboxylic acids is 1. The molecule has 0 atom stereocenters. The summed E-state index contributed by atoms with van der Waals surface area (Å²) in [6.07, 6.45) is 2.70. The van der Waals surface area contributed by atoms with Gasteiger partial charge in [0.15, 0.2) is 0 Å². The summed E-state index contributed by atoms with van der Waals surface area (Å²) < 4.78 is 0. The lowest BCUT2D eigenvalue weighted by atomic mass is 10.0. The number of nitrogens with zero attached hydrogens (tertiary/aromatic N) is 1. The monoisotopic (exact) mass is 230 g/mol. The molecular weight excluding hydrogens is 208 g/mol. The molecular formula is C11H22N2OS. The number of rotatable bonds is 7. The molecule has 15 heavy (non-hydrogen) atoms. The summed E-state index contributed by atoms with van der Waals surface area (Å²) in [7, 11) is 0. The third kappa shape index (κ3) is 5.11. The number of hydrogen-bond donors (Lipinski definition) is 1. The van der Waals surface area contributed by atoms with E-state index in [1.807, 2.05) is 20.8 Å². The predicted octanol–water partition coefficient (Wildman–Crippen LogP) is 1.95. The van der Waals surface area contributed by atoms with E-state index in [1.54, 1.807) is 4.90 Å². The van der Waals surface area contributed by atoms with Crippen LogP contribution in [0.1, 0.15) is 40.0 Å². The molecule has 0 spiro atoms. The molecule has 1 amide bonds. The summed E-state index contributed by atoms with van der Waals surface area (Å²) in [5, 5.41) is 0. The number of carbonyl (C=O) groups is 1. The lowest BCUT2D eigenvalue weighted by molar-refractivity contribution is -0.135. The minimum atomic E-state index is 0.117. The van der Waals surface area contributed by atoms with Gasteiger partial charge in [-0.25, -0.2) is 0 Å². The second-order valence-electron chi connectivity index (χ2n) is 3.74. The first-order valence-corrected chi connectivity index (χ1v) is 6.04. The fraction of sp³-hybridized carbons (Fsp3) is 0.818. The zero-order chi connectivity index (χ0) is 11.8. The minimum Gasteiger partial charge on any atom is -0.392 e. The smallest absolute Gasteiger partial charge is 0.226 e. The van der Waals surface area contributed by atoms with Crippen molar-refractivity contribution >= 4 is 23.1 Å². The van der Waals surface area contributed by atoms with Gasteiger partial charge < -0.3 is 10.6 Å². The van der Waals surface area contributed by atoms with Crippen molar-refractivity contribution in [2.75, 3.05) is 13.1 Å². The Morgan fingerprint density at radius 2 is 1.87 bits per heavy atom. The first-order valence-electron chi connectivity index (χ1n) is 5.63. The van der Waals surface area contributed by atoms with Crippen LogP contribution in [0.15, 0.2) is 0 Å². The summed E-state index contributed by atoms with van der Waals surface area (Å²) in [6, 6.07) is 0. The van der Waals surface area contributed by atoms with Crippen molar-refractivity contribution < 1.29 is 4.79 Å². The van der Waals surface area contributed by atoms with Crippen LogP contribution in [0.5, 0.6) is 0 Å². The Balaban J connectivity index is 4.45. The molecule has 0 radical (unpaired) electrons. The van der Waals surface area contributed by atoms with Crippen LogP contribution >= 0.6 is 12.2 Å². The van der Waals surface area contributed by atoms with Gasteiger partial charge in [0, 0.05) is 12.5 Å². The minimum absolute atomic E-state index is 0.117. The maximum atomic E-state index is 12.0. The Bertz CT molecular complexity index is 215. The zero-order valence-electron chi connectivity index (χ0n) is 9.95. The standard InChI is InChI=1S/C11H22N2OS/c1-4-7-13(8-10(12)15)11(14)9(5-2)6-3/h9H,4-8H2,1-3H3,(H2,12,15). The molecule has 0 aliphatic heterocycles. The summed E-state index contributed by atoms with van der Waals surface area (Å²) in [4.78, 5) is 14.2. The molecule has 0 saturated heterocycles. The largest absolute Gasteiger partial charge is 0.392 e. The molecule has 2 N–H and O–H groups in total. The highest BCUT2D eigenvalue weighted by Crippen LogP contribution is 2.12. The SMILES string of the molecule is CCCN(CC(N)=S)C(=O)C(CC)CC. The number of hydrogen-bond acceptors (Lipinski definition) is 2. The van der Waals surface area contributed by atoms with Crippen LogP contribution in [-0.4, -0.2) is 28.9 Å². The van der Waals surface area contributed by atoms with Crippen LogP contribution in [0.25, 0.3) is 0 Å². The van der Waals surface area contributed by atoms with E-state index in [-0.39, 0.29) is 11.8 Å². The molecule has 0 rings (SSSR count). The number of thiocarbonyl (C=S) groups is 1. The van der Waals surface area contributed by atoms with Gasteiger partial charge in [0.25, 0.3) is 0 Å². The van der Waals surface area contributed by atoms with E-state index in [2.05, 4.69) is 0 Å². The van der Waals surface area contributed by atoms with Crippen LogP contribution < -0.4 is 5.73 Å². The van der Waals surface area contributed by atoms with Crippen LogP contribution in [-0.2, 0) is 4.79 Å². The van der Waals surface area contributed by atoms with Crippen molar-refractivity contribution in [2.45, 2.75) is 40.0 Å². The van der Waals surface area contributed by atoms with E-state index in [0.717, 1.165) is 25.8 Å². The van der Waals surface area contributed by atoms with Crippen LogP contribution in [0, 0.1) is 5.92 Å². The second kappa shape index (κ2) is 7.63. The maximum absolute atomic E-state index is 12.0. The molecule has 0 aromatic rings. The molecule has 0 aromatic carbocycles. The lowest BCUT2D eigenvalue weighted by Gasteiger charge is -2.25. The Hall–Kier alpha value is -0.640. The fourth-order valence-corrected chi connectivity index (χ4v) is 1.78. The van der Waals surface area contributed by atoms with E-state index in [4.69, 9.17) is 18.0 Å². The first-order chi connectivity index (χ1) is 7.06. The van der Waals surface area contributed by atoms with Crippen LogP contribution in [0.4, 0.5) is 0 Å². The van der Waals surface area contributed by atoms with Gasteiger partial charge in [0.05, 0.1) is 11.5 Å². The summed E-state index contributed by atoms with van der Waals surface area (Å²) in [5.41, 5.74) is 5.48. The second-order valence-corrected chi connectivity index (χ2v) is 4.26.